The van der Waals surface area contributed by atoms with Gasteiger partial charge in [0.1, 0.15) is 5.56 Å². The highest BCUT2D eigenvalue weighted by molar-refractivity contribution is 5.98. The van der Waals surface area contributed by atoms with E-state index in [9.17, 15) is 28.1 Å². The Bertz CT molecular complexity index is 613. The number of nitro benzene ring substituents is 1. The van der Waals surface area contributed by atoms with E-state index in [1.54, 1.807) is 0 Å². The summed E-state index contributed by atoms with van der Waals surface area (Å²) < 4.78 is 43.4. The van der Waals surface area contributed by atoms with Crippen LogP contribution in [0.3, 0.4) is 0 Å². The molecule has 2 rings (SSSR count). The van der Waals surface area contributed by atoms with Crippen molar-refractivity contribution in [1.29, 1.82) is 0 Å². The Hall–Kier alpha value is -2.16. The van der Waals surface area contributed by atoms with Crippen LogP contribution in [0, 0.1) is 10.1 Å². The van der Waals surface area contributed by atoms with Crippen LogP contribution in [0.25, 0.3) is 0 Å². The van der Waals surface area contributed by atoms with E-state index >= 15 is 0 Å². The summed E-state index contributed by atoms with van der Waals surface area (Å²) in [6, 6.07) is 1.89. The molecule has 1 aliphatic rings. The molecule has 1 aromatic carbocycles. The summed E-state index contributed by atoms with van der Waals surface area (Å²) in [6.07, 6.45) is -3.23. The van der Waals surface area contributed by atoms with E-state index in [0.717, 1.165) is 18.9 Å². The standard InChI is InChI=1S/C14H15F3N2O4/c1-18(8-10-3-2-6-23-10)13(20)11-5-4-9(14(15,16)17)7-12(11)19(21)22/h4-5,7,10H,2-3,6,8H2,1H3/t10-/m1/s1. The van der Waals surface area contributed by atoms with Crippen LogP contribution in [0.1, 0.15) is 28.8 Å². The number of amides is 1. The molecule has 1 aromatic rings. The Morgan fingerprint density at radius 1 is 1.48 bits per heavy atom. The maximum Gasteiger partial charge on any atom is 0.416 e. The van der Waals surface area contributed by atoms with Gasteiger partial charge in [-0.15, -0.1) is 0 Å². The minimum Gasteiger partial charge on any atom is -0.376 e. The van der Waals surface area contributed by atoms with Gasteiger partial charge in [0.25, 0.3) is 11.6 Å². The van der Waals surface area contributed by atoms with Gasteiger partial charge in [0, 0.05) is 26.3 Å². The van der Waals surface area contributed by atoms with Crippen LogP contribution in [0.4, 0.5) is 18.9 Å². The number of hydrogen-bond acceptors (Lipinski definition) is 4. The Labute approximate surface area is 130 Å². The fourth-order valence-electron chi connectivity index (χ4n) is 2.42. The Morgan fingerprint density at radius 2 is 2.17 bits per heavy atom. The van der Waals surface area contributed by atoms with Crippen LogP contribution in [0.5, 0.6) is 0 Å². The molecular weight excluding hydrogens is 317 g/mol. The molecule has 9 heteroatoms. The minimum absolute atomic E-state index is 0.155. The molecule has 0 unspecified atom stereocenters. The van der Waals surface area contributed by atoms with Gasteiger partial charge in [-0.3, -0.25) is 14.9 Å². The SMILES string of the molecule is CN(C[C@H]1CCCO1)C(=O)c1ccc(C(F)(F)F)cc1[N+](=O)[O-]. The van der Waals surface area contributed by atoms with Gasteiger partial charge in [-0.25, -0.2) is 0 Å². The maximum absolute atomic E-state index is 12.7. The number of nitrogens with zero attached hydrogens (tertiary/aromatic N) is 2. The first-order valence-electron chi connectivity index (χ1n) is 6.93. The van der Waals surface area contributed by atoms with Gasteiger partial charge in [-0.05, 0) is 25.0 Å². The van der Waals surface area contributed by atoms with E-state index in [1.165, 1.54) is 11.9 Å². The highest BCUT2D eigenvalue weighted by Gasteiger charge is 2.34. The van der Waals surface area contributed by atoms with Crippen molar-refractivity contribution in [3.05, 3.63) is 39.4 Å². The molecule has 0 radical (unpaired) electrons. The lowest BCUT2D eigenvalue weighted by Gasteiger charge is -2.21. The van der Waals surface area contributed by atoms with Crippen molar-refractivity contribution in [2.75, 3.05) is 20.2 Å². The molecular formula is C14H15F3N2O4. The van der Waals surface area contributed by atoms with Gasteiger partial charge >= 0.3 is 6.18 Å². The Morgan fingerprint density at radius 3 is 2.70 bits per heavy atom. The number of halogens is 3. The van der Waals surface area contributed by atoms with E-state index < -0.39 is 28.3 Å². The molecule has 6 nitrogen and oxygen atoms in total. The molecule has 0 aliphatic carbocycles. The molecule has 23 heavy (non-hydrogen) atoms. The van der Waals surface area contributed by atoms with E-state index in [1.807, 2.05) is 0 Å². The molecule has 1 aliphatic heterocycles. The first-order chi connectivity index (χ1) is 10.7. The lowest BCUT2D eigenvalue weighted by molar-refractivity contribution is -0.385. The molecule has 1 fully saturated rings. The summed E-state index contributed by atoms with van der Waals surface area (Å²) in [5.74, 6) is -0.707. The quantitative estimate of drug-likeness (QED) is 0.628. The second kappa shape index (κ2) is 6.53. The molecule has 1 atom stereocenters. The van der Waals surface area contributed by atoms with Crippen molar-refractivity contribution in [3.63, 3.8) is 0 Å². The highest BCUT2D eigenvalue weighted by Crippen LogP contribution is 2.33. The lowest BCUT2D eigenvalue weighted by Crippen LogP contribution is -2.34. The van der Waals surface area contributed by atoms with Crippen molar-refractivity contribution in [1.82, 2.24) is 4.90 Å². The number of alkyl halides is 3. The second-order valence-corrected chi connectivity index (χ2v) is 5.31. The number of benzene rings is 1. The summed E-state index contributed by atoms with van der Waals surface area (Å²) in [5, 5.41) is 11.0. The average molecular weight is 332 g/mol. The third kappa shape index (κ3) is 3.98. The van der Waals surface area contributed by atoms with Crippen molar-refractivity contribution in [3.8, 4) is 0 Å². The molecule has 126 valence electrons. The first-order valence-corrected chi connectivity index (χ1v) is 6.93. The topological polar surface area (TPSA) is 72.7 Å². The Balaban J connectivity index is 2.26. The third-order valence-corrected chi connectivity index (χ3v) is 3.60. The summed E-state index contributed by atoms with van der Waals surface area (Å²) in [5.41, 5.74) is -2.39. The molecule has 0 aromatic heterocycles. The van der Waals surface area contributed by atoms with Crippen LogP contribution in [0.2, 0.25) is 0 Å². The van der Waals surface area contributed by atoms with Gasteiger partial charge in [0.2, 0.25) is 0 Å². The number of likely N-dealkylation sites (N-methyl/N-ethyl adjacent to an activating group) is 1. The van der Waals surface area contributed by atoms with Crippen LogP contribution < -0.4 is 0 Å². The zero-order chi connectivity index (χ0) is 17.2. The van der Waals surface area contributed by atoms with Crippen LogP contribution in [-0.2, 0) is 10.9 Å². The summed E-state index contributed by atoms with van der Waals surface area (Å²) in [4.78, 5) is 23.6. The fourth-order valence-corrected chi connectivity index (χ4v) is 2.42. The summed E-state index contributed by atoms with van der Waals surface area (Å²) >= 11 is 0. The molecule has 0 bridgehead atoms. The van der Waals surface area contributed by atoms with Crippen LogP contribution in [0.15, 0.2) is 18.2 Å². The molecule has 0 saturated carbocycles. The highest BCUT2D eigenvalue weighted by atomic mass is 19.4. The molecule has 0 N–H and O–H groups in total. The summed E-state index contributed by atoms with van der Waals surface area (Å²) in [7, 11) is 1.44. The number of ether oxygens (including phenoxy) is 1. The average Bonchev–Trinajstić information content (AvgIpc) is 2.97. The molecule has 1 saturated heterocycles. The van der Waals surface area contributed by atoms with Crippen molar-refractivity contribution >= 4 is 11.6 Å². The number of carbonyl (C=O) groups excluding carboxylic acids is 1. The maximum atomic E-state index is 12.7. The van der Waals surface area contributed by atoms with E-state index in [4.69, 9.17) is 4.74 Å². The van der Waals surface area contributed by atoms with Crippen LogP contribution in [-0.4, -0.2) is 42.0 Å². The second-order valence-electron chi connectivity index (χ2n) is 5.31. The largest absolute Gasteiger partial charge is 0.416 e. The summed E-state index contributed by atoms with van der Waals surface area (Å²) in [6.45, 7) is 0.824. The molecule has 0 spiro atoms. The zero-order valence-electron chi connectivity index (χ0n) is 12.3. The number of hydrogen-bond donors (Lipinski definition) is 0. The van der Waals surface area contributed by atoms with Gasteiger partial charge in [0.15, 0.2) is 0 Å². The van der Waals surface area contributed by atoms with E-state index in [2.05, 4.69) is 0 Å². The minimum atomic E-state index is -4.71. The van der Waals surface area contributed by atoms with Gasteiger partial charge in [-0.1, -0.05) is 0 Å². The molecule has 1 heterocycles. The smallest absolute Gasteiger partial charge is 0.376 e. The van der Waals surface area contributed by atoms with Crippen molar-refractivity contribution < 1.29 is 27.6 Å². The number of rotatable bonds is 4. The number of carbonyl (C=O) groups is 1. The fraction of sp³-hybridized carbons (Fsp3) is 0.500. The van der Waals surface area contributed by atoms with Gasteiger partial charge in [-0.2, -0.15) is 13.2 Å². The molecule has 1 amide bonds. The third-order valence-electron chi connectivity index (χ3n) is 3.60. The van der Waals surface area contributed by atoms with Gasteiger partial charge < -0.3 is 9.64 Å². The van der Waals surface area contributed by atoms with E-state index in [0.29, 0.717) is 18.7 Å². The van der Waals surface area contributed by atoms with E-state index in [-0.39, 0.29) is 18.2 Å². The first kappa shape index (κ1) is 17.2. The van der Waals surface area contributed by atoms with Crippen LogP contribution >= 0.6 is 0 Å². The normalized spacial score (nSPS) is 18.0. The van der Waals surface area contributed by atoms with Crippen molar-refractivity contribution in [2.24, 2.45) is 0 Å². The van der Waals surface area contributed by atoms with Crippen molar-refractivity contribution in [2.45, 2.75) is 25.1 Å². The predicted octanol–water partition coefficient (Wildman–Crippen LogP) is 2.86. The Kier molecular flexibility index (Phi) is 4.88. The number of nitro groups is 1. The van der Waals surface area contributed by atoms with Gasteiger partial charge in [0.05, 0.1) is 16.6 Å². The monoisotopic (exact) mass is 332 g/mol. The zero-order valence-corrected chi connectivity index (χ0v) is 12.3. The lowest BCUT2D eigenvalue weighted by atomic mass is 10.1. The predicted molar refractivity (Wildman–Crippen MR) is 74.0 cm³/mol.